The van der Waals surface area contributed by atoms with Gasteiger partial charge in [0.05, 0.1) is 29.3 Å². The van der Waals surface area contributed by atoms with Crippen LogP contribution >= 0.6 is 0 Å². The summed E-state index contributed by atoms with van der Waals surface area (Å²) in [6, 6.07) is 10.4. The number of fused-ring (bicyclic) bond motifs is 2. The molecule has 156 valence electrons. The van der Waals surface area contributed by atoms with Crippen molar-refractivity contribution >= 4 is 22.3 Å². The topological polar surface area (TPSA) is 81.7 Å². The van der Waals surface area contributed by atoms with Gasteiger partial charge in [-0.05, 0) is 50.6 Å². The third kappa shape index (κ3) is 3.44. The highest BCUT2D eigenvalue weighted by Gasteiger charge is 2.20. The quantitative estimate of drug-likeness (QED) is 0.481. The minimum absolute atomic E-state index is 0.265. The maximum absolute atomic E-state index is 13.7. The second-order valence-corrected chi connectivity index (χ2v) is 8.12. The number of aryl methyl sites for hydroxylation is 1. The van der Waals surface area contributed by atoms with E-state index in [2.05, 4.69) is 19.9 Å². The third-order valence-corrected chi connectivity index (χ3v) is 5.31. The molecule has 0 aliphatic carbocycles. The van der Waals surface area contributed by atoms with Crippen molar-refractivity contribution in [2.75, 3.05) is 0 Å². The Labute approximate surface area is 177 Å². The van der Waals surface area contributed by atoms with E-state index in [0.29, 0.717) is 23.5 Å². The predicted octanol–water partition coefficient (Wildman–Crippen LogP) is 3.89. The molecule has 0 saturated carbocycles. The van der Waals surface area contributed by atoms with Gasteiger partial charge >= 0.3 is 0 Å². The number of hydrogen-bond acceptors (Lipinski definition) is 5. The Bertz CT molecular complexity index is 1430. The van der Waals surface area contributed by atoms with Gasteiger partial charge in [0, 0.05) is 12.7 Å². The molecule has 8 heteroatoms. The molecule has 31 heavy (non-hydrogen) atoms. The number of benzene rings is 1. The molecule has 5 aromatic rings. The Kier molecular flexibility index (Phi) is 4.33. The van der Waals surface area contributed by atoms with Gasteiger partial charge in [0.15, 0.2) is 11.3 Å². The van der Waals surface area contributed by atoms with Crippen LogP contribution in [0.1, 0.15) is 30.9 Å². The standard InChI is InChI=1S/C23H21FN6O/c1-14-27-21-19(30(14)13-15-5-4-6-16(24)9-15)10-17(11-26-21)29-8-7-18-22(29)28-20(12-25-18)23(2,3)31/h4-12,31H,13H2,1-3H3. The van der Waals surface area contributed by atoms with Crippen molar-refractivity contribution < 1.29 is 9.50 Å². The third-order valence-electron chi connectivity index (χ3n) is 5.31. The molecule has 0 spiro atoms. The molecule has 4 heterocycles. The molecule has 1 N–H and O–H groups in total. The Morgan fingerprint density at radius 1 is 1.06 bits per heavy atom. The highest BCUT2D eigenvalue weighted by atomic mass is 19.1. The lowest BCUT2D eigenvalue weighted by Gasteiger charge is -2.16. The summed E-state index contributed by atoms with van der Waals surface area (Å²) in [5.41, 5.74) is 3.85. The second-order valence-electron chi connectivity index (χ2n) is 8.12. The fourth-order valence-corrected chi connectivity index (χ4v) is 3.66. The molecule has 0 amide bonds. The Morgan fingerprint density at radius 2 is 1.90 bits per heavy atom. The zero-order valence-electron chi connectivity index (χ0n) is 17.4. The van der Waals surface area contributed by atoms with E-state index in [4.69, 9.17) is 0 Å². The molecule has 5 rings (SSSR count). The highest BCUT2D eigenvalue weighted by molar-refractivity contribution is 5.78. The van der Waals surface area contributed by atoms with Crippen LogP contribution in [0.15, 0.2) is 55.0 Å². The lowest BCUT2D eigenvalue weighted by Crippen LogP contribution is -2.18. The van der Waals surface area contributed by atoms with E-state index in [1.165, 1.54) is 12.1 Å². The summed E-state index contributed by atoms with van der Waals surface area (Å²) in [5.74, 6) is 0.531. The van der Waals surface area contributed by atoms with Gasteiger partial charge in [-0.2, -0.15) is 0 Å². The fraction of sp³-hybridized carbons (Fsp3) is 0.217. The van der Waals surface area contributed by atoms with Crippen molar-refractivity contribution in [2.45, 2.75) is 32.9 Å². The average molecular weight is 416 g/mol. The van der Waals surface area contributed by atoms with Crippen molar-refractivity contribution in [3.8, 4) is 5.69 Å². The largest absolute Gasteiger partial charge is 0.384 e. The van der Waals surface area contributed by atoms with Gasteiger partial charge in [-0.3, -0.25) is 9.55 Å². The molecular weight excluding hydrogens is 395 g/mol. The van der Waals surface area contributed by atoms with Crippen LogP contribution in [0.25, 0.3) is 28.0 Å². The minimum Gasteiger partial charge on any atom is -0.384 e. The van der Waals surface area contributed by atoms with Crippen LogP contribution in [0.5, 0.6) is 0 Å². The summed E-state index contributed by atoms with van der Waals surface area (Å²) >= 11 is 0. The van der Waals surface area contributed by atoms with E-state index in [1.54, 1.807) is 32.3 Å². The van der Waals surface area contributed by atoms with Crippen LogP contribution < -0.4 is 0 Å². The van der Waals surface area contributed by atoms with E-state index in [9.17, 15) is 9.50 Å². The first kappa shape index (κ1) is 19.3. The van der Waals surface area contributed by atoms with Crippen LogP contribution in [-0.4, -0.2) is 34.2 Å². The molecule has 0 fully saturated rings. The van der Waals surface area contributed by atoms with Gasteiger partial charge in [-0.1, -0.05) is 12.1 Å². The number of nitrogens with zero attached hydrogens (tertiary/aromatic N) is 6. The summed E-state index contributed by atoms with van der Waals surface area (Å²) in [4.78, 5) is 18.1. The maximum Gasteiger partial charge on any atom is 0.178 e. The SMILES string of the molecule is Cc1nc2ncc(-n3ccc4ncc(C(C)(C)O)nc43)cc2n1Cc1cccc(F)c1. The van der Waals surface area contributed by atoms with Crippen LogP contribution in [0.4, 0.5) is 4.39 Å². The average Bonchev–Trinajstić information content (AvgIpc) is 3.28. The van der Waals surface area contributed by atoms with Crippen molar-refractivity contribution in [1.29, 1.82) is 0 Å². The molecular formula is C23H21FN6O. The monoisotopic (exact) mass is 416 g/mol. The molecule has 0 radical (unpaired) electrons. The van der Waals surface area contributed by atoms with Gasteiger partial charge in [-0.25, -0.2) is 19.3 Å². The summed E-state index contributed by atoms with van der Waals surface area (Å²) in [7, 11) is 0. The summed E-state index contributed by atoms with van der Waals surface area (Å²) in [5, 5.41) is 10.3. The van der Waals surface area contributed by atoms with Crippen LogP contribution in [0, 0.1) is 12.7 Å². The van der Waals surface area contributed by atoms with Crippen LogP contribution in [0.2, 0.25) is 0 Å². The fourth-order valence-electron chi connectivity index (χ4n) is 3.66. The first-order valence-electron chi connectivity index (χ1n) is 9.94. The molecule has 0 bridgehead atoms. The first-order chi connectivity index (χ1) is 14.8. The molecule has 0 saturated heterocycles. The van der Waals surface area contributed by atoms with E-state index < -0.39 is 5.60 Å². The smallest absolute Gasteiger partial charge is 0.178 e. The Hall–Kier alpha value is -3.65. The van der Waals surface area contributed by atoms with Crippen LogP contribution in [-0.2, 0) is 12.1 Å². The number of hydrogen-bond donors (Lipinski definition) is 1. The van der Waals surface area contributed by atoms with Gasteiger partial charge in [0.25, 0.3) is 0 Å². The van der Waals surface area contributed by atoms with E-state index in [1.807, 2.05) is 40.5 Å². The molecule has 4 aromatic heterocycles. The summed E-state index contributed by atoms with van der Waals surface area (Å²) in [6.45, 7) is 5.75. The molecule has 0 unspecified atom stereocenters. The lowest BCUT2D eigenvalue weighted by molar-refractivity contribution is 0.0738. The number of halogens is 1. The number of aliphatic hydroxyl groups is 1. The van der Waals surface area contributed by atoms with E-state index in [0.717, 1.165) is 28.1 Å². The van der Waals surface area contributed by atoms with Crippen molar-refractivity contribution in [2.24, 2.45) is 0 Å². The zero-order valence-corrected chi connectivity index (χ0v) is 17.4. The van der Waals surface area contributed by atoms with Gasteiger partial charge in [0.1, 0.15) is 22.8 Å². The molecule has 0 aliphatic heterocycles. The van der Waals surface area contributed by atoms with Gasteiger partial charge in [0.2, 0.25) is 0 Å². The van der Waals surface area contributed by atoms with E-state index >= 15 is 0 Å². The van der Waals surface area contributed by atoms with Crippen molar-refractivity contribution in [3.05, 3.63) is 77.9 Å². The molecule has 7 nitrogen and oxygen atoms in total. The molecule has 0 atom stereocenters. The number of aromatic nitrogens is 6. The predicted molar refractivity (Wildman–Crippen MR) is 115 cm³/mol. The minimum atomic E-state index is -1.10. The van der Waals surface area contributed by atoms with Crippen LogP contribution in [0.3, 0.4) is 0 Å². The summed E-state index contributed by atoms with van der Waals surface area (Å²) in [6.07, 6.45) is 5.20. The van der Waals surface area contributed by atoms with E-state index in [-0.39, 0.29) is 5.82 Å². The van der Waals surface area contributed by atoms with Crippen molar-refractivity contribution in [1.82, 2.24) is 29.1 Å². The highest BCUT2D eigenvalue weighted by Crippen LogP contribution is 2.24. The Morgan fingerprint density at radius 3 is 2.68 bits per heavy atom. The summed E-state index contributed by atoms with van der Waals surface area (Å²) < 4.78 is 17.6. The van der Waals surface area contributed by atoms with Crippen molar-refractivity contribution in [3.63, 3.8) is 0 Å². The normalized spacial score (nSPS) is 12.2. The lowest BCUT2D eigenvalue weighted by atomic mass is 10.1. The second kappa shape index (κ2) is 6.95. The van der Waals surface area contributed by atoms with Gasteiger partial charge < -0.3 is 9.67 Å². The zero-order chi connectivity index (χ0) is 21.8. The molecule has 0 aliphatic rings. The first-order valence-corrected chi connectivity index (χ1v) is 9.94. The maximum atomic E-state index is 13.7. The Balaban J connectivity index is 1.63. The number of pyridine rings is 1. The van der Waals surface area contributed by atoms with Gasteiger partial charge in [-0.15, -0.1) is 0 Å². The molecule has 1 aromatic carbocycles. The number of imidazole rings is 1. The number of rotatable bonds is 4.